The summed E-state index contributed by atoms with van der Waals surface area (Å²) in [7, 11) is 2.06. The number of ketones is 1. The summed E-state index contributed by atoms with van der Waals surface area (Å²) in [6.07, 6.45) is 9.55. The zero-order valence-corrected chi connectivity index (χ0v) is 13.2. The molecule has 2 unspecified atom stereocenters. The Bertz CT molecular complexity index is 323. The maximum Gasteiger partial charge on any atom is 0.137 e. The zero-order valence-electron chi connectivity index (χ0n) is 13.2. The highest BCUT2D eigenvalue weighted by molar-refractivity contribution is 5.81. The summed E-state index contributed by atoms with van der Waals surface area (Å²) in [4.78, 5) is 14.3. The number of Topliss-reactive ketones (excluding diaryl/α,β-unsaturated/α-hetero) is 1. The van der Waals surface area contributed by atoms with Gasteiger partial charge >= 0.3 is 0 Å². The van der Waals surface area contributed by atoms with E-state index in [0.717, 1.165) is 64.0 Å². The van der Waals surface area contributed by atoms with Crippen molar-refractivity contribution >= 4 is 5.78 Å². The van der Waals surface area contributed by atoms with Crippen LogP contribution in [0.4, 0.5) is 0 Å². The molecule has 3 heteroatoms. The van der Waals surface area contributed by atoms with Crippen molar-refractivity contribution in [3.63, 3.8) is 0 Å². The topological polar surface area (TPSA) is 40.5 Å². The van der Waals surface area contributed by atoms with Gasteiger partial charge in [-0.15, -0.1) is 0 Å². The van der Waals surface area contributed by atoms with Gasteiger partial charge in [-0.05, 0) is 38.6 Å². The first-order valence-electron chi connectivity index (χ1n) is 8.46. The normalized spacial score (nSPS) is 30.1. The quantitative estimate of drug-likeness (QED) is 0.813. The first-order chi connectivity index (χ1) is 9.52. The van der Waals surface area contributed by atoms with Crippen molar-refractivity contribution in [3.05, 3.63) is 0 Å². The van der Waals surface area contributed by atoms with Crippen LogP contribution in [-0.2, 0) is 4.79 Å². The van der Waals surface area contributed by atoms with E-state index in [4.69, 9.17) is 0 Å². The van der Waals surface area contributed by atoms with Gasteiger partial charge in [0, 0.05) is 25.4 Å². The van der Waals surface area contributed by atoms with Crippen LogP contribution < -0.4 is 0 Å². The molecule has 2 saturated carbocycles. The van der Waals surface area contributed by atoms with Crippen molar-refractivity contribution in [2.45, 2.75) is 70.3 Å². The van der Waals surface area contributed by atoms with Crippen LogP contribution in [0.25, 0.3) is 0 Å². The number of aliphatic hydroxyl groups is 1. The van der Waals surface area contributed by atoms with E-state index in [-0.39, 0.29) is 5.92 Å². The second-order valence-corrected chi connectivity index (χ2v) is 7.22. The van der Waals surface area contributed by atoms with E-state index in [1.807, 2.05) is 0 Å². The van der Waals surface area contributed by atoms with Crippen LogP contribution in [0.3, 0.4) is 0 Å². The molecule has 0 amide bonds. The molecule has 116 valence electrons. The molecular formula is C17H31NO2. The molecule has 0 saturated heterocycles. The molecule has 0 radical (unpaired) electrons. The third-order valence-corrected chi connectivity index (χ3v) is 5.20. The molecule has 2 atom stereocenters. The van der Waals surface area contributed by atoms with Gasteiger partial charge in [0.05, 0.1) is 5.60 Å². The third-order valence-electron chi connectivity index (χ3n) is 5.20. The Kier molecular flexibility index (Phi) is 5.62. The van der Waals surface area contributed by atoms with Crippen molar-refractivity contribution < 1.29 is 9.90 Å². The van der Waals surface area contributed by atoms with Gasteiger partial charge in [0.25, 0.3) is 0 Å². The minimum atomic E-state index is -0.491. The van der Waals surface area contributed by atoms with E-state index < -0.39 is 5.60 Å². The van der Waals surface area contributed by atoms with E-state index in [0.29, 0.717) is 5.78 Å². The predicted octanol–water partition coefficient (Wildman–Crippen LogP) is 3.01. The highest BCUT2D eigenvalue weighted by Crippen LogP contribution is 2.32. The fourth-order valence-corrected chi connectivity index (χ4v) is 4.18. The number of carbonyl (C=O) groups excluding carboxylic acids is 1. The van der Waals surface area contributed by atoms with Crippen LogP contribution in [0.2, 0.25) is 0 Å². The lowest BCUT2D eigenvalue weighted by Gasteiger charge is -2.34. The van der Waals surface area contributed by atoms with Crippen LogP contribution in [0, 0.1) is 11.8 Å². The Morgan fingerprint density at radius 3 is 2.70 bits per heavy atom. The van der Waals surface area contributed by atoms with Gasteiger partial charge in [-0.3, -0.25) is 4.79 Å². The van der Waals surface area contributed by atoms with Crippen molar-refractivity contribution in [1.29, 1.82) is 0 Å². The second-order valence-electron chi connectivity index (χ2n) is 7.22. The van der Waals surface area contributed by atoms with E-state index in [9.17, 15) is 9.90 Å². The van der Waals surface area contributed by atoms with E-state index in [2.05, 4.69) is 18.9 Å². The maximum absolute atomic E-state index is 12.1. The third kappa shape index (κ3) is 4.29. The number of rotatable bonds is 6. The number of nitrogens with zero attached hydrogens (tertiary/aromatic N) is 1. The van der Waals surface area contributed by atoms with Crippen LogP contribution >= 0.6 is 0 Å². The minimum absolute atomic E-state index is 0.204. The lowest BCUT2D eigenvalue weighted by atomic mass is 9.78. The number of carbonyl (C=O) groups is 1. The molecule has 0 aromatic heterocycles. The standard InChI is InChI=1S/C17H31NO2/c1-3-6-14-7-8-16(19)15(11-14)12-18(2)13-17(20)9-4-5-10-17/h14-15,20H,3-13H2,1-2H3. The van der Waals surface area contributed by atoms with Crippen molar-refractivity contribution in [1.82, 2.24) is 4.90 Å². The van der Waals surface area contributed by atoms with E-state index in [1.54, 1.807) is 0 Å². The Hall–Kier alpha value is -0.410. The predicted molar refractivity (Wildman–Crippen MR) is 81.7 cm³/mol. The Morgan fingerprint density at radius 1 is 1.35 bits per heavy atom. The molecule has 0 heterocycles. The van der Waals surface area contributed by atoms with Crippen LogP contribution in [-0.4, -0.2) is 41.5 Å². The molecule has 0 aliphatic heterocycles. The Labute approximate surface area is 123 Å². The van der Waals surface area contributed by atoms with Gasteiger partial charge in [-0.25, -0.2) is 0 Å². The number of hydrogen-bond acceptors (Lipinski definition) is 3. The molecule has 20 heavy (non-hydrogen) atoms. The lowest BCUT2D eigenvalue weighted by Crippen LogP contribution is -2.43. The summed E-state index contributed by atoms with van der Waals surface area (Å²) in [6.45, 7) is 3.80. The van der Waals surface area contributed by atoms with Crippen LogP contribution in [0.5, 0.6) is 0 Å². The van der Waals surface area contributed by atoms with Gasteiger partial charge in [0.15, 0.2) is 0 Å². The molecule has 0 aromatic carbocycles. The molecular weight excluding hydrogens is 250 g/mol. The fourth-order valence-electron chi connectivity index (χ4n) is 4.18. The fraction of sp³-hybridized carbons (Fsp3) is 0.941. The summed E-state index contributed by atoms with van der Waals surface area (Å²) < 4.78 is 0. The maximum atomic E-state index is 12.1. The lowest BCUT2D eigenvalue weighted by molar-refractivity contribution is -0.126. The molecule has 2 aliphatic rings. The van der Waals surface area contributed by atoms with E-state index >= 15 is 0 Å². The van der Waals surface area contributed by atoms with Crippen LogP contribution in [0.1, 0.15) is 64.7 Å². The first kappa shape index (κ1) is 16.0. The highest BCUT2D eigenvalue weighted by Gasteiger charge is 2.34. The van der Waals surface area contributed by atoms with E-state index in [1.165, 1.54) is 12.8 Å². The molecule has 2 aliphatic carbocycles. The summed E-state index contributed by atoms with van der Waals surface area (Å²) in [5.74, 6) is 1.39. The van der Waals surface area contributed by atoms with Gasteiger partial charge in [-0.1, -0.05) is 32.6 Å². The van der Waals surface area contributed by atoms with Gasteiger partial charge < -0.3 is 10.0 Å². The highest BCUT2D eigenvalue weighted by atomic mass is 16.3. The Balaban J connectivity index is 1.82. The largest absolute Gasteiger partial charge is 0.389 e. The molecule has 0 spiro atoms. The molecule has 1 N–H and O–H groups in total. The summed E-state index contributed by atoms with van der Waals surface area (Å²) in [5, 5.41) is 10.5. The van der Waals surface area contributed by atoms with Gasteiger partial charge in [0.2, 0.25) is 0 Å². The average molecular weight is 281 g/mol. The van der Waals surface area contributed by atoms with Crippen LogP contribution in [0.15, 0.2) is 0 Å². The minimum Gasteiger partial charge on any atom is -0.389 e. The van der Waals surface area contributed by atoms with Crippen molar-refractivity contribution in [2.75, 3.05) is 20.1 Å². The molecule has 2 rings (SSSR count). The summed E-state index contributed by atoms with van der Waals surface area (Å²) >= 11 is 0. The summed E-state index contributed by atoms with van der Waals surface area (Å²) in [5.41, 5.74) is -0.491. The zero-order chi connectivity index (χ0) is 14.6. The average Bonchev–Trinajstić information content (AvgIpc) is 2.80. The molecule has 2 fully saturated rings. The molecule has 3 nitrogen and oxygen atoms in total. The number of hydrogen-bond donors (Lipinski definition) is 1. The second kappa shape index (κ2) is 7.04. The van der Waals surface area contributed by atoms with Crippen molar-refractivity contribution in [2.24, 2.45) is 11.8 Å². The van der Waals surface area contributed by atoms with Gasteiger partial charge in [-0.2, -0.15) is 0 Å². The molecule has 0 bridgehead atoms. The molecule has 0 aromatic rings. The number of likely N-dealkylation sites (N-methyl/N-ethyl adjacent to an activating group) is 1. The monoisotopic (exact) mass is 281 g/mol. The smallest absolute Gasteiger partial charge is 0.137 e. The van der Waals surface area contributed by atoms with Crippen molar-refractivity contribution in [3.8, 4) is 0 Å². The van der Waals surface area contributed by atoms with Gasteiger partial charge in [0.1, 0.15) is 5.78 Å². The Morgan fingerprint density at radius 2 is 2.05 bits per heavy atom. The first-order valence-corrected chi connectivity index (χ1v) is 8.46. The SMILES string of the molecule is CCCC1CCC(=O)C(CN(C)CC2(O)CCCC2)C1. The summed E-state index contributed by atoms with van der Waals surface area (Å²) in [6, 6.07) is 0.